The van der Waals surface area contributed by atoms with E-state index in [-0.39, 0.29) is 12.0 Å². The Morgan fingerprint density at radius 2 is 1.77 bits per heavy atom. The number of nitrogens with one attached hydrogen (secondary N) is 1. The number of carbonyl (C=O) groups excluding carboxylic acids is 2. The molecule has 0 aliphatic heterocycles. The molecule has 0 aliphatic rings. The Kier molecular flexibility index (Phi) is 6.05. The van der Waals surface area contributed by atoms with Crippen LogP contribution in [0.2, 0.25) is 5.02 Å². The summed E-state index contributed by atoms with van der Waals surface area (Å²) < 4.78 is 38.4. The van der Waals surface area contributed by atoms with Crippen molar-refractivity contribution < 1.29 is 22.8 Å². The summed E-state index contributed by atoms with van der Waals surface area (Å²) in [4.78, 5) is 22.7. The quantitative estimate of drug-likeness (QED) is 0.766. The number of primary amides is 1. The van der Waals surface area contributed by atoms with Gasteiger partial charge in [-0.05, 0) is 41.5 Å². The average Bonchev–Trinajstić information content (AvgIpc) is 2.54. The summed E-state index contributed by atoms with van der Waals surface area (Å²) in [5.74, 6) is -0.984. The molecule has 0 heterocycles. The maximum atomic E-state index is 12.8. The van der Waals surface area contributed by atoms with Gasteiger partial charge in [-0.2, -0.15) is 13.2 Å². The minimum atomic E-state index is -4.57. The first-order valence-corrected chi connectivity index (χ1v) is 7.76. The molecule has 8 heteroatoms. The summed E-state index contributed by atoms with van der Waals surface area (Å²) in [6.07, 6.45) is -2.12. The van der Waals surface area contributed by atoms with Gasteiger partial charge in [0.15, 0.2) is 0 Å². The van der Waals surface area contributed by atoms with Gasteiger partial charge in [0.2, 0.25) is 11.8 Å². The van der Waals surface area contributed by atoms with Crippen LogP contribution in [0.3, 0.4) is 0 Å². The van der Waals surface area contributed by atoms with Crippen LogP contribution in [0.5, 0.6) is 0 Å². The molecule has 0 aliphatic carbocycles. The molecule has 3 N–H and O–H groups in total. The van der Waals surface area contributed by atoms with Gasteiger partial charge in [0.1, 0.15) is 0 Å². The minimum absolute atomic E-state index is 0.0895. The Morgan fingerprint density at radius 3 is 2.35 bits per heavy atom. The first kappa shape index (κ1) is 19.5. The van der Waals surface area contributed by atoms with Crippen molar-refractivity contribution >= 4 is 35.2 Å². The van der Waals surface area contributed by atoms with Crippen LogP contribution in [0.4, 0.5) is 18.9 Å². The average molecular weight is 383 g/mol. The lowest BCUT2D eigenvalue weighted by atomic mass is 10.1. The molecule has 2 aromatic rings. The van der Waals surface area contributed by atoms with Gasteiger partial charge < -0.3 is 11.1 Å². The van der Waals surface area contributed by atoms with Crippen LogP contribution in [0.1, 0.15) is 16.7 Å². The molecule has 26 heavy (non-hydrogen) atoms. The number of nitrogens with two attached hydrogens (primary N) is 1. The fraction of sp³-hybridized carbons (Fsp3) is 0.111. The Balaban J connectivity index is 2.04. The number of hydrogen-bond donors (Lipinski definition) is 2. The topological polar surface area (TPSA) is 72.2 Å². The molecule has 2 aromatic carbocycles. The molecule has 0 radical (unpaired) electrons. The van der Waals surface area contributed by atoms with E-state index in [9.17, 15) is 22.8 Å². The second-order valence-electron chi connectivity index (χ2n) is 5.40. The van der Waals surface area contributed by atoms with Gasteiger partial charge in [-0.25, -0.2) is 0 Å². The van der Waals surface area contributed by atoms with E-state index >= 15 is 0 Å². The monoisotopic (exact) mass is 382 g/mol. The summed E-state index contributed by atoms with van der Waals surface area (Å²) in [6, 6.07) is 9.82. The Labute approximate surface area is 152 Å². The second-order valence-corrected chi connectivity index (χ2v) is 5.81. The number of halogens is 4. The van der Waals surface area contributed by atoms with Crippen molar-refractivity contribution in [2.45, 2.75) is 12.6 Å². The van der Waals surface area contributed by atoms with Crippen LogP contribution < -0.4 is 11.1 Å². The maximum Gasteiger partial charge on any atom is 0.417 e. The van der Waals surface area contributed by atoms with E-state index in [1.807, 2.05) is 0 Å². The number of rotatable bonds is 5. The summed E-state index contributed by atoms with van der Waals surface area (Å²) in [5.41, 5.74) is 5.48. The molecule has 2 amide bonds. The molecule has 2 rings (SSSR count). The third kappa shape index (κ3) is 5.63. The Hall–Kier alpha value is -2.80. The van der Waals surface area contributed by atoms with Crippen LogP contribution >= 0.6 is 11.6 Å². The Bertz CT molecular complexity index is 847. The molecule has 0 fully saturated rings. The highest BCUT2D eigenvalue weighted by Crippen LogP contribution is 2.35. The van der Waals surface area contributed by atoms with E-state index in [1.165, 1.54) is 12.1 Å². The lowest BCUT2D eigenvalue weighted by molar-refractivity contribution is -0.137. The third-order valence-electron chi connectivity index (χ3n) is 3.32. The zero-order chi connectivity index (χ0) is 19.3. The third-order valence-corrected chi connectivity index (χ3v) is 3.65. The van der Waals surface area contributed by atoms with Crippen LogP contribution in [0.15, 0.2) is 48.5 Å². The van der Waals surface area contributed by atoms with Crippen molar-refractivity contribution in [3.8, 4) is 0 Å². The SMILES string of the molecule is NC(=O)Cc1ccc(NC(=O)/C=C/c2ccc(Cl)c(C(F)(F)F)c2)cc1. The summed E-state index contributed by atoms with van der Waals surface area (Å²) >= 11 is 5.54. The van der Waals surface area contributed by atoms with Crippen LogP contribution in [-0.4, -0.2) is 11.8 Å². The number of amides is 2. The molecule has 0 unspecified atom stereocenters. The molecule has 0 bridgehead atoms. The molecular weight excluding hydrogens is 369 g/mol. The fourth-order valence-electron chi connectivity index (χ4n) is 2.13. The first-order valence-electron chi connectivity index (χ1n) is 7.38. The van der Waals surface area contributed by atoms with Crippen molar-refractivity contribution in [2.24, 2.45) is 5.73 Å². The van der Waals surface area contributed by atoms with Gasteiger partial charge in [-0.15, -0.1) is 0 Å². The van der Waals surface area contributed by atoms with E-state index in [0.717, 1.165) is 18.2 Å². The van der Waals surface area contributed by atoms with Gasteiger partial charge in [-0.1, -0.05) is 29.8 Å². The number of hydrogen-bond acceptors (Lipinski definition) is 2. The van der Waals surface area contributed by atoms with E-state index in [0.29, 0.717) is 11.3 Å². The number of alkyl halides is 3. The largest absolute Gasteiger partial charge is 0.417 e. The van der Waals surface area contributed by atoms with Crippen LogP contribution in [0.25, 0.3) is 6.08 Å². The van der Waals surface area contributed by atoms with Gasteiger partial charge in [0.05, 0.1) is 17.0 Å². The fourth-order valence-corrected chi connectivity index (χ4v) is 2.35. The van der Waals surface area contributed by atoms with Crippen LogP contribution in [0, 0.1) is 0 Å². The highest BCUT2D eigenvalue weighted by Gasteiger charge is 2.33. The predicted molar refractivity (Wildman–Crippen MR) is 93.5 cm³/mol. The van der Waals surface area contributed by atoms with Crippen molar-refractivity contribution in [1.82, 2.24) is 0 Å². The van der Waals surface area contributed by atoms with Gasteiger partial charge in [0, 0.05) is 11.8 Å². The number of carbonyl (C=O) groups is 2. The highest BCUT2D eigenvalue weighted by atomic mass is 35.5. The second kappa shape index (κ2) is 8.05. The number of benzene rings is 2. The van der Waals surface area contributed by atoms with Gasteiger partial charge in [-0.3, -0.25) is 9.59 Å². The number of anilines is 1. The maximum absolute atomic E-state index is 12.8. The summed E-state index contributed by atoms with van der Waals surface area (Å²) in [6.45, 7) is 0. The zero-order valence-electron chi connectivity index (χ0n) is 13.3. The summed E-state index contributed by atoms with van der Waals surface area (Å²) in [7, 11) is 0. The molecule has 0 saturated heterocycles. The summed E-state index contributed by atoms with van der Waals surface area (Å²) in [5, 5.41) is 2.15. The van der Waals surface area contributed by atoms with Gasteiger partial charge >= 0.3 is 6.18 Å². The molecule has 4 nitrogen and oxygen atoms in total. The predicted octanol–water partition coefficient (Wildman–Crippen LogP) is 4.04. The first-order chi connectivity index (χ1) is 12.1. The standard InChI is InChI=1S/C18H14ClF3N2O2/c19-15-7-3-11(9-14(15)18(20,21)22)4-8-17(26)24-13-5-1-12(2-6-13)10-16(23)25/h1-9H,10H2,(H2,23,25)(H,24,26)/b8-4+. The van der Waals surface area contributed by atoms with E-state index in [1.54, 1.807) is 24.3 Å². The Morgan fingerprint density at radius 1 is 1.12 bits per heavy atom. The van der Waals surface area contributed by atoms with Crippen molar-refractivity contribution in [2.75, 3.05) is 5.32 Å². The molecule has 0 aromatic heterocycles. The van der Waals surface area contributed by atoms with E-state index in [4.69, 9.17) is 17.3 Å². The van der Waals surface area contributed by atoms with Crippen molar-refractivity contribution in [1.29, 1.82) is 0 Å². The molecule has 0 spiro atoms. The van der Waals surface area contributed by atoms with E-state index in [2.05, 4.69) is 5.32 Å². The normalized spacial score (nSPS) is 11.5. The van der Waals surface area contributed by atoms with Crippen molar-refractivity contribution in [3.05, 3.63) is 70.3 Å². The highest BCUT2D eigenvalue weighted by molar-refractivity contribution is 6.31. The smallest absolute Gasteiger partial charge is 0.369 e. The van der Waals surface area contributed by atoms with Gasteiger partial charge in [0.25, 0.3) is 0 Å². The van der Waals surface area contributed by atoms with Crippen molar-refractivity contribution in [3.63, 3.8) is 0 Å². The lowest BCUT2D eigenvalue weighted by Crippen LogP contribution is -2.13. The molecule has 136 valence electrons. The lowest BCUT2D eigenvalue weighted by Gasteiger charge is -2.09. The molecule has 0 saturated carbocycles. The zero-order valence-corrected chi connectivity index (χ0v) is 14.1. The molecule has 0 atom stereocenters. The molecular formula is C18H14ClF3N2O2. The van der Waals surface area contributed by atoms with E-state index < -0.39 is 28.6 Å². The van der Waals surface area contributed by atoms with Crippen LogP contribution in [-0.2, 0) is 22.2 Å². The minimum Gasteiger partial charge on any atom is -0.369 e.